The molecule has 0 aromatic carbocycles. The quantitative estimate of drug-likeness (QED) is 0.564. The van der Waals surface area contributed by atoms with E-state index in [1.165, 1.54) is 18.5 Å². The largest absolute Gasteiger partial charge is 0.452 e. The topological polar surface area (TPSA) is 47.5 Å². The molecule has 4 nitrogen and oxygen atoms in total. The molecular formula is C13H4Cl3F3N2O2. The van der Waals surface area contributed by atoms with Crippen molar-refractivity contribution in [2.45, 2.75) is 6.18 Å². The molecule has 0 spiro atoms. The number of carbonyl (C=O) groups is 1. The third-order valence-electron chi connectivity index (χ3n) is 3.05. The van der Waals surface area contributed by atoms with Crippen molar-refractivity contribution in [3.63, 3.8) is 0 Å². The number of rotatable bonds is 2. The van der Waals surface area contributed by atoms with Crippen LogP contribution in [-0.4, -0.2) is 14.6 Å². The first-order chi connectivity index (χ1) is 10.7. The van der Waals surface area contributed by atoms with Crippen LogP contribution in [0.1, 0.15) is 16.1 Å². The number of pyridine rings is 1. The van der Waals surface area contributed by atoms with Gasteiger partial charge in [0.2, 0.25) is 0 Å². The third-order valence-corrected chi connectivity index (χ3v) is 3.79. The third kappa shape index (κ3) is 2.80. The Balaban J connectivity index is 2.37. The number of carbonyl (C=O) groups excluding carboxylic acids is 1. The maximum absolute atomic E-state index is 13.3. The second kappa shape index (κ2) is 5.43. The van der Waals surface area contributed by atoms with Crippen molar-refractivity contribution in [2.75, 3.05) is 0 Å². The van der Waals surface area contributed by atoms with Crippen molar-refractivity contribution in [3.05, 3.63) is 46.2 Å². The van der Waals surface area contributed by atoms with Gasteiger partial charge >= 0.3 is 6.18 Å². The summed E-state index contributed by atoms with van der Waals surface area (Å²) in [5, 5.41) is -1.36. The van der Waals surface area contributed by atoms with Gasteiger partial charge in [0, 0.05) is 23.4 Å². The average molecular weight is 384 g/mol. The summed E-state index contributed by atoms with van der Waals surface area (Å²) in [6.07, 6.45) is -2.24. The van der Waals surface area contributed by atoms with E-state index in [4.69, 9.17) is 39.2 Å². The summed E-state index contributed by atoms with van der Waals surface area (Å²) in [7, 11) is 0. The van der Waals surface area contributed by atoms with Gasteiger partial charge in [-0.1, -0.05) is 11.6 Å². The fourth-order valence-electron chi connectivity index (χ4n) is 2.07. The molecule has 0 saturated heterocycles. The van der Waals surface area contributed by atoms with Gasteiger partial charge in [-0.25, -0.2) is 4.98 Å². The van der Waals surface area contributed by atoms with Crippen molar-refractivity contribution in [3.8, 4) is 11.1 Å². The molecule has 0 radical (unpaired) electrons. The van der Waals surface area contributed by atoms with Gasteiger partial charge in [-0.3, -0.25) is 9.20 Å². The second-order valence-corrected chi connectivity index (χ2v) is 5.57. The Kier molecular flexibility index (Phi) is 3.82. The molecule has 3 heterocycles. The van der Waals surface area contributed by atoms with Crippen molar-refractivity contribution in [2.24, 2.45) is 0 Å². The first kappa shape index (κ1) is 16.2. The molecule has 0 unspecified atom stereocenters. The average Bonchev–Trinajstić information content (AvgIpc) is 3.01. The van der Waals surface area contributed by atoms with E-state index in [1.54, 1.807) is 0 Å². The summed E-state index contributed by atoms with van der Waals surface area (Å²) in [4.78, 5) is 14.8. The molecule has 0 N–H and O–H groups in total. The number of fused-ring (bicyclic) bond motifs is 1. The number of hydrogen-bond acceptors (Lipinski definition) is 3. The van der Waals surface area contributed by atoms with Crippen LogP contribution >= 0.6 is 34.8 Å². The number of imidazole rings is 1. The Morgan fingerprint density at radius 2 is 1.91 bits per heavy atom. The van der Waals surface area contributed by atoms with E-state index in [-0.39, 0.29) is 15.9 Å². The first-order valence-corrected chi connectivity index (χ1v) is 7.05. The van der Waals surface area contributed by atoms with Gasteiger partial charge in [-0.05, 0) is 29.3 Å². The predicted octanol–water partition coefficient (Wildman–Crippen LogP) is 5.30. The molecule has 3 rings (SSSR count). The Morgan fingerprint density at radius 1 is 1.22 bits per heavy atom. The van der Waals surface area contributed by atoms with Crippen LogP contribution in [0.15, 0.2) is 29.0 Å². The molecule has 0 fully saturated rings. The maximum Gasteiger partial charge on any atom is 0.420 e. The zero-order valence-electron chi connectivity index (χ0n) is 10.8. The van der Waals surface area contributed by atoms with Gasteiger partial charge in [-0.2, -0.15) is 13.2 Å². The Morgan fingerprint density at radius 3 is 2.43 bits per heavy atom. The summed E-state index contributed by atoms with van der Waals surface area (Å²) < 4.78 is 45.7. The normalized spacial score (nSPS) is 12.1. The van der Waals surface area contributed by atoms with E-state index >= 15 is 0 Å². The number of nitrogens with zero attached hydrogens (tertiary/aromatic N) is 2. The van der Waals surface area contributed by atoms with E-state index in [0.717, 1.165) is 10.5 Å². The monoisotopic (exact) mass is 382 g/mol. The summed E-state index contributed by atoms with van der Waals surface area (Å²) >= 11 is 16.8. The van der Waals surface area contributed by atoms with E-state index in [9.17, 15) is 18.0 Å². The molecule has 120 valence electrons. The molecule has 23 heavy (non-hydrogen) atoms. The van der Waals surface area contributed by atoms with Crippen molar-refractivity contribution < 1.29 is 22.4 Å². The smallest absolute Gasteiger partial charge is 0.420 e. The zero-order chi connectivity index (χ0) is 16.9. The van der Waals surface area contributed by atoms with Gasteiger partial charge in [0.05, 0.1) is 5.56 Å². The van der Waals surface area contributed by atoms with E-state index in [1.807, 2.05) is 0 Å². The lowest BCUT2D eigenvalue weighted by Gasteiger charge is -2.10. The van der Waals surface area contributed by atoms with E-state index < -0.39 is 28.3 Å². The highest BCUT2D eigenvalue weighted by atomic mass is 35.5. The molecule has 0 aliphatic heterocycles. The number of hydrogen-bond donors (Lipinski definition) is 0. The SMILES string of the molecule is O=C(Cl)c1nc2c(C(F)(F)F)cc(-c3coc(Cl)c3)cn2c1Cl. The molecule has 0 saturated carbocycles. The Hall–Kier alpha value is -1.70. The van der Waals surface area contributed by atoms with Crippen LogP contribution in [0.5, 0.6) is 0 Å². The Bertz CT molecular complexity index is 931. The highest BCUT2D eigenvalue weighted by Gasteiger charge is 2.36. The molecule has 10 heteroatoms. The van der Waals surface area contributed by atoms with Crippen LogP contribution in [-0.2, 0) is 6.18 Å². The minimum Gasteiger partial charge on any atom is -0.452 e. The summed E-state index contributed by atoms with van der Waals surface area (Å²) in [5.74, 6) is 0. The fraction of sp³-hybridized carbons (Fsp3) is 0.0769. The highest BCUT2D eigenvalue weighted by Crippen LogP contribution is 2.37. The number of alkyl halides is 3. The standard InChI is InChI=1S/C13H4Cl3F3N2O2/c14-8-2-6(4-23-8)5-1-7(13(17,18)19)12-20-9(11(16)22)10(15)21(12)3-5/h1-4H. The summed E-state index contributed by atoms with van der Waals surface area (Å²) in [5.41, 5.74) is -1.61. The van der Waals surface area contributed by atoms with Crippen LogP contribution in [0.2, 0.25) is 10.4 Å². The van der Waals surface area contributed by atoms with Crippen molar-refractivity contribution >= 4 is 45.7 Å². The lowest BCUT2D eigenvalue weighted by atomic mass is 10.1. The minimum atomic E-state index is -4.72. The summed E-state index contributed by atoms with van der Waals surface area (Å²) in [6, 6.07) is 2.21. The number of aromatic nitrogens is 2. The minimum absolute atomic E-state index is 0.0157. The first-order valence-electron chi connectivity index (χ1n) is 5.91. The van der Waals surface area contributed by atoms with E-state index in [2.05, 4.69) is 4.98 Å². The number of halogens is 6. The highest BCUT2D eigenvalue weighted by molar-refractivity contribution is 6.68. The molecule has 0 aliphatic rings. The van der Waals surface area contributed by atoms with Crippen LogP contribution in [0, 0.1) is 0 Å². The Labute approximate surface area is 141 Å². The lowest BCUT2D eigenvalue weighted by molar-refractivity contribution is -0.136. The molecule has 0 aliphatic carbocycles. The van der Waals surface area contributed by atoms with Gasteiger partial charge < -0.3 is 4.42 Å². The second-order valence-electron chi connectivity index (χ2n) is 4.50. The van der Waals surface area contributed by atoms with Gasteiger partial charge in [-0.15, -0.1) is 0 Å². The molecular weight excluding hydrogens is 380 g/mol. The zero-order valence-corrected chi connectivity index (χ0v) is 13.1. The molecule has 3 aromatic rings. The molecule has 0 atom stereocenters. The van der Waals surface area contributed by atoms with Gasteiger partial charge in [0.1, 0.15) is 11.4 Å². The lowest BCUT2D eigenvalue weighted by Crippen LogP contribution is -2.08. The fourth-order valence-corrected chi connectivity index (χ4v) is 2.67. The molecule has 3 aromatic heterocycles. The van der Waals surface area contributed by atoms with Crippen LogP contribution in [0.3, 0.4) is 0 Å². The van der Waals surface area contributed by atoms with Crippen molar-refractivity contribution in [1.82, 2.24) is 9.38 Å². The molecule has 0 amide bonds. The molecule has 0 bridgehead atoms. The maximum atomic E-state index is 13.3. The van der Waals surface area contributed by atoms with Crippen molar-refractivity contribution in [1.29, 1.82) is 0 Å². The number of furan rings is 1. The summed E-state index contributed by atoms with van der Waals surface area (Å²) in [6.45, 7) is 0. The van der Waals surface area contributed by atoms with Gasteiger partial charge in [0.15, 0.2) is 16.6 Å². The van der Waals surface area contributed by atoms with Gasteiger partial charge in [0.25, 0.3) is 5.24 Å². The van der Waals surface area contributed by atoms with Crippen LogP contribution in [0.25, 0.3) is 16.8 Å². The van der Waals surface area contributed by atoms with Crippen LogP contribution in [0.4, 0.5) is 13.2 Å². The van der Waals surface area contributed by atoms with E-state index in [0.29, 0.717) is 5.56 Å². The van der Waals surface area contributed by atoms with Crippen LogP contribution < -0.4 is 0 Å². The predicted molar refractivity (Wildman–Crippen MR) is 78.1 cm³/mol.